The average Bonchev–Trinajstić information content (AvgIpc) is 3.16. The van der Waals surface area contributed by atoms with E-state index in [-0.39, 0.29) is 0 Å². The van der Waals surface area contributed by atoms with E-state index in [9.17, 15) is 0 Å². The van der Waals surface area contributed by atoms with Crippen LogP contribution in [0.5, 0.6) is 0 Å². The predicted octanol–water partition coefficient (Wildman–Crippen LogP) is 6.95. The standard InChI is InChI=1S/C21H42N4/c1-3-5-6-7-8-9-10-11-12-13-14-15-16-17-18-19-20(4-2)21-22-24-25-23-21/h20H,3-19H2,1-2H3,(H,22,23,24,25). The van der Waals surface area contributed by atoms with Gasteiger partial charge in [-0.25, -0.2) is 0 Å². The highest BCUT2D eigenvalue weighted by atomic mass is 15.5. The Morgan fingerprint density at radius 2 is 1.16 bits per heavy atom. The van der Waals surface area contributed by atoms with Crippen LogP contribution >= 0.6 is 0 Å². The molecule has 0 saturated carbocycles. The van der Waals surface area contributed by atoms with Crippen LogP contribution in [0.1, 0.15) is 135 Å². The van der Waals surface area contributed by atoms with Crippen molar-refractivity contribution in [2.24, 2.45) is 0 Å². The first-order chi connectivity index (χ1) is 12.4. The lowest BCUT2D eigenvalue weighted by molar-refractivity contribution is 0.502. The van der Waals surface area contributed by atoms with Gasteiger partial charge in [-0.05, 0) is 12.8 Å². The summed E-state index contributed by atoms with van der Waals surface area (Å²) in [5.41, 5.74) is 0. The van der Waals surface area contributed by atoms with Crippen LogP contribution < -0.4 is 0 Å². The molecule has 0 spiro atoms. The quantitative estimate of drug-likeness (QED) is 0.291. The molecular weight excluding hydrogens is 308 g/mol. The number of nitrogens with one attached hydrogen (secondary N) is 1. The first kappa shape index (κ1) is 22.1. The van der Waals surface area contributed by atoms with Gasteiger partial charge in [0.1, 0.15) is 0 Å². The third kappa shape index (κ3) is 12.1. The van der Waals surface area contributed by atoms with E-state index in [0.717, 1.165) is 12.2 Å². The Labute approximate surface area is 156 Å². The van der Waals surface area contributed by atoms with Gasteiger partial charge in [0.25, 0.3) is 0 Å². The molecule has 1 heterocycles. The summed E-state index contributed by atoms with van der Waals surface area (Å²) in [4.78, 5) is 0. The molecule has 1 aromatic rings. The minimum atomic E-state index is 0.487. The maximum Gasteiger partial charge on any atom is 0.177 e. The lowest BCUT2D eigenvalue weighted by Crippen LogP contribution is -2.00. The molecule has 0 radical (unpaired) electrons. The van der Waals surface area contributed by atoms with E-state index in [1.165, 1.54) is 103 Å². The molecule has 0 saturated heterocycles. The molecule has 0 aliphatic carbocycles. The molecular formula is C21H42N4. The van der Waals surface area contributed by atoms with Crippen molar-refractivity contribution in [3.05, 3.63) is 5.82 Å². The molecule has 0 aliphatic rings. The zero-order valence-electron chi connectivity index (χ0n) is 16.9. The van der Waals surface area contributed by atoms with Crippen LogP contribution in [0.4, 0.5) is 0 Å². The van der Waals surface area contributed by atoms with E-state index in [1.807, 2.05) is 0 Å². The monoisotopic (exact) mass is 350 g/mol. The minimum Gasteiger partial charge on any atom is -0.177 e. The summed E-state index contributed by atoms with van der Waals surface area (Å²) in [5.74, 6) is 1.38. The summed E-state index contributed by atoms with van der Waals surface area (Å²) >= 11 is 0. The third-order valence-corrected chi connectivity index (χ3v) is 5.38. The Bertz CT molecular complexity index is 364. The maximum atomic E-state index is 4.13. The molecule has 1 atom stereocenters. The lowest BCUT2D eigenvalue weighted by Gasteiger charge is -2.09. The van der Waals surface area contributed by atoms with Crippen molar-refractivity contribution in [2.45, 2.75) is 129 Å². The van der Waals surface area contributed by atoms with Crippen molar-refractivity contribution < 1.29 is 0 Å². The largest absolute Gasteiger partial charge is 0.177 e. The molecule has 0 amide bonds. The topological polar surface area (TPSA) is 54.5 Å². The van der Waals surface area contributed by atoms with E-state index < -0.39 is 0 Å². The Balaban J connectivity index is 1.79. The summed E-state index contributed by atoms with van der Waals surface area (Å²) in [5, 5.41) is 14.5. The fourth-order valence-electron chi connectivity index (χ4n) is 3.62. The van der Waals surface area contributed by atoms with Crippen LogP contribution in [0.15, 0.2) is 0 Å². The van der Waals surface area contributed by atoms with Gasteiger partial charge >= 0.3 is 0 Å². The number of tetrazole rings is 1. The molecule has 1 rings (SSSR count). The molecule has 0 aliphatic heterocycles. The van der Waals surface area contributed by atoms with Crippen LogP contribution in [-0.4, -0.2) is 20.6 Å². The van der Waals surface area contributed by atoms with E-state index in [4.69, 9.17) is 0 Å². The number of rotatable bonds is 18. The predicted molar refractivity (Wildman–Crippen MR) is 107 cm³/mol. The second kappa shape index (κ2) is 16.5. The van der Waals surface area contributed by atoms with Gasteiger partial charge in [0.15, 0.2) is 5.82 Å². The normalized spacial score (nSPS) is 12.6. The summed E-state index contributed by atoms with van der Waals surface area (Å²) in [6.07, 6.45) is 23.6. The number of aromatic amines is 1. The summed E-state index contributed by atoms with van der Waals surface area (Å²) in [7, 11) is 0. The van der Waals surface area contributed by atoms with Gasteiger partial charge in [-0.15, -0.1) is 10.2 Å². The second-order valence-electron chi connectivity index (χ2n) is 7.61. The van der Waals surface area contributed by atoms with Gasteiger partial charge in [-0.1, -0.05) is 115 Å². The molecule has 4 heteroatoms. The average molecular weight is 351 g/mol. The molecule has 0 bridgehead atoms. The van der Waals surface area contributed by atoms with Crippen molar-refractivity contribution in [3.63, 3.8) is 0 Å². The number of hydrogen-bond donors (Lipinski definition) is 1. The number of hydrogen-bond acceptors (Lipinski definition) is 3. The van der Waals surface area contributed by atoms with Crippen LogP contribution in [0, 0.1) is 0 Å². The van der Waals surface area contributed by atoms with E-state index in [2.05, 4.69) is 34.5 Å². The SMILES string of the molecule is CCCCCCCCCCCCCCCCCC(CC)c1nn[nH]n1. The lowest BCUT2D eigenvalue weighted by atomic mass is 9.97. The first-order valence-electron chi connectivity index (χ1n) is 11.1. The number of aromatic nitrogens is 4. The number of nitrogens with zero attached hydrogens (tertiary/aromatic N) is 3. The third-order valence-electron chi connectivity index (χ3n) is 5.38. The highest BCUT2D eigenvalue weighted by Gasteiger charge is 2.13. The smallest absolute Gasteiger partial charge is 0.177 e. The van der Waals surface area contributed by atoms with Gasteiger partial charge in [-0.3, -0.25) is 0 Å². The summed E-state index contributed by atoms with van der Waals surface area (Å²) in [6, 6.07) is 0. The molecule has 1 aromatic heterocycles. The molecule has 1 N–H and O–H groups in total. The fraction of sp³-hybridized carbons (Fsp3) is 0.952. The van der Waals surface area contributed by atoms with Gasteiger partial charge in [0, 0.05) is 5.92 Å². The fourth-order valence-corrected chi connectivity index (χ4v) is 3.62. The van der Waals surface area contributed by atoms with Crippen LogP contribution in [0.3, 0.4) is 0 Å². The highest BCUT2D eigenvalue weighted by Crippen LogP contribution is 2.22. The zero-order valence-corrected chi connectivity index (χ0v) is 16.9. The van der Waals surface area contributed by atoms with E-state index in [1.54, 1.807) is 0 Å². The first-order valence-corrected chi connectivity index (χ1v) is 11.1. The highest BCUT2D eigenvalue weighted by molar-refractivity contribution is 4.89. The molecule has 25 heavy (non-hydrogen) atoms. The van der Waals surface area contributed by atoms with Crippen molar-refractivity contribution in [3.8, 4) is 0 Å². The van der Waals surface area contributed by atoms with Crippen LogP contribution in [0.25, 0.3) is 0 Å². The van der Waals surface area contributed by atoms with Crippen molar-refractivity contribution in [1.82, 2.24) is 20.6 Å². The molecule has 0 fully saturated rings. The molecule has 146 valence electrons. The van der Waals surface area contributed by atoms with Crippen molar-refractivity contribution in [1.29, 1.82) is 0 Å². The Hall–Kier alpha value is -0.930. The van der Waals surface area contributed by atoms with Crippen molar-refractivity contribution in [2.75, 3.05) is 0 Å². The Morgan fingerprint density at radius 3 is 1.56 bits per heavy atom. The second-order valence-corrected chi connectivity index (χ2v) is 7.61. The Morgan fingerprint density at radius 1 is 0.680 bits per heavy atom. The van der Waals surface area contributed by atoms with Crippen LogP contribution in [-0.2, 0) is 0 Å². The van der Waals surface area contributed by atoms with Gasteiger partial charge < -0.3 is 0 Å². The molecule has 0 aromatic carbocycles. The molecule has 1 unspecified atom stereocenters. The number of unbranched alkanes of at least 4 members (excludes halogenated alkanes) is 14. The van der Waals surface area contributed by atoms with Gasteiger partial charge in [-0.2, -0.15) is 5.21 Å². The molecule has 4 nitrogen and oxygen atoms in total. The van der Waals surface area contributed by atoms with Gasteiger partial charge in [0.2, 0.25) is 0 Å². The summed E-state index contributed by atoms with van der Waals surface area (Å²) < 4.78 is 0. The van der Waals surface area contributed by atoms with Crippen molar-refractivity contribution >= 4 is 0 Å². The summed E-state index contributed by atoms with van der Waals surface area (Å²) in [6.45, 7) is 4.50. The maximum absolute atomic E-state index is 4.13. The zero-order chi connectivity index (χ0) is 18.0. The van der Waals surface area contributed by atoms with E-state index >= 15 is 0 Å². The van der Waals surface area contributed by atoms with Crippen LogP contribution in [0.2, 0.25) is 0 Å². The van der Waals surface area contributed by atoms with Gasteiger partial charge in [0.05, 0.1) is 0 Å². The Kier molecular flexibility index (Phi) is 14.6. The number of H-pyrrole nitrogens is 1. The minimum absolute atomic E-state index is 0.487. The van der Waals surface area contributed by atoms with E-state index in [0.29, 0.717) is 5.92 Å².